The molecule has 0 spiro atoms. The van der Waals surface area contributed by atoms with Crippen molar-refractivity contribution in [2.24, 2.45) is 0 Å². The highest BCUT2D eigenvalue weighted by Crippen LogP contribution is 2.18. The average Bonchev–Trinajstić information content (AvgIpc) is 2.41. The molecule has 0 N–H and O–H groups in total. The first-order valence-electron chi connectivity index (χ1n) is 7.56. The molecule has 0 radical (unpaired) electrons. The van der Waals surface area contributed by atoms with Crippen molar-refractivity contribution in [2.45, 2.75) is 91.9 Å². The van der Waals surface area contributed by atoms with Gasteiger partial charge in [0.25, 0.3) is 0 Å². The van der Waals surface area contributed by atoms with E-state index in [-0.39, 0.29) is 0 Å². The Morgan fingerprint density at radius 1 is 0.562 bits per heavy atom. The van der Waals surface area contributed by atoms with E-state index in [4.69, 9.17) is 0 Å². The van der Waals surface area contributed by atoms with Gasteiger partial charge in [-0.15, -0.1) is 0 Å². The van der Waals surface area contributed by atoms with E-state index in [1.165, 1.54) is 69.8 Å². The zero-order valence-corrected chi connectivity index (χ0v) is 12.3. The molecule has 1 aliphatic carbocycles. The minimum atomic E-state index is 1.29. The van der Waals surface area contributed by atoms with E-state index in [9.17, 15) is 0 Å². The zero-order chi connectivity index (χ0) is 12.6. The normalized spacial score (nSPS) is 18.1. The van der Waals surface area contributed by atoms with Gasteiger partial charge in [-0.3, -0.25) is 0 Å². The van der Waals surface area contributed by atoms with Gasteiger partial charge in [-0.1, -0.05) is 78.4 Å². The summed E-state index contributed by atoms with van der Waals surface area (Å²) < 4.78 is 0. The summed E-state index contributed by atoms with van der Waals surface area (Å²) in [4.78, 5) is 0. The molecule has 0 atom stereocenters. The topological polar surface area (TPSA) is 0 Å². The first-order chi connectivity index (χ1) is 7.89. The summed E-state index contributed by atoms with van der Waals surface area (Å²) in [5.41, 5.74) is 1.50. The van der Waals surface area contributed by atoms with E-state index in [1.54, 1.807) is 0 Å². The number of allylic oxidation sites excluding steroid dienone is 1. The quantitative estimate of drug-likeness (QED) is 0.413. The van der Waals surface area contributed by atoms with Crippen LogP contribution in [-0.2, 0) is 0 Å². The molecule has 0 unspecified atom stereocenters. The summed E-state index contributed by atoms with van der Waals surface area (Å²) in [5, 5.41) is 0. The van der Waals surface area contributed by atoms with Gasteiger partial charge >= 0.3 is 0 Å². The molecule has 0 aromatic heterocycles. The van der Waals surface area contributed by atoms with Gasteiger partial charge in [0.05, 0.1) is 0 Å². The fourth-order valence-electron chi connectivity index (χ4n) is 1.94. The second kappa shape index (κ2) is 17.1. The SMILES string of the molecule is C=C1CCCCCCCCCC1.CC.CC. The lowest BCUT2D eigenvalue weighted by molar-refractivity contribution is 0.585. The number of hydrogen-bond acceptors (Lipinski definition) is 0. The second-order valence-electron chi connectivity index (χ2n) is 4.08. The van der Waals surface area contributed by atoms with Gasteiger partial charge < -0.3 is 0 Å². The van der Waals surface area contributed by atoms with E-state index in [0.29, 0.717) is 0 Å². The van der Waals surface area contributed by atoms with Crippen LogP contribution in [0.3, 0.4) is 0 Å². The molecule has 0 saturated heterocycles. The van der Waals surface area contributed by atoms with Crippen molar-refractivity contribution in [3.8, 4) is 0 Å². The summed E-state index contributed by atoms with van der Waals surface area (Å²) in [6.45, 7) is 12.1. The van der Waals surface area contributed by atoms with Crippen LogP contribution in [0, 0.1) is 0 Å². The fourth-order valence-corrected chi connectivity index (χ4v) is 1.94. The summed E-state index contributed by atoms with van der Waals surface area (Å²) in [6, 6.07) is 0. The molecule has 0 aromatic carbocycles. The Morgan fingerprint density at radius 3 is 1.12 bits per heavy atom. The van der Waals surface area contributed by atoms with Crippen molar-refractivity contribution < 1.29 is 0 Å². The molecule has 0 amide bonds. The Bertz CT molecular complexity index is 110. The van der Waals surface area contributed by atoms with Gasteiger partial charge in [-0.05, 0) is 25.7 Å². The summed E-state index contributed by atoms with van der Waals surface area (Å²) >= 11 is 0. The number of rotatable bonds is 0. The van der Waals surface area contributed by atoms with E-state index in [2.05, 4.69) is 6.58 Å². The lowest BCUT2D eigenvalue weighted by atomic mass is 10.0. The van der Waals surface area contributed by atoms with E-state index in [1.807, 2.05) is 27.7 Å². The molecule has 1 rings (SSSR count). The maximum atomic E-state index is 4.12. The predicted molar refractivity (Wildman–Crippen MR) is 78.0 cm³/mol. The molecule has 0 heterocycles. The molecule has 0 aliphatic heterocycles. The average molecular weight is 226 g/mol. The largest absolute Gasteiger partial charge is 0.0999 e. The van der Waals surface area contributed by atoms with Crippen LogP contribution in [0.1, 0.15) is 91.9 Å². The van der Waals surface area contributed by atoms with Crippen LogP contribution in [0.15, 0.2) is 12.2 Å². The van der Waals surface area contributed by atoms with E-state index < -0.39 is 0 Å². The molecule has 0 heteroatoms. The predicted octanol–water partition coefficient (Wildman–Crippen LogP) is 6.51. The summed E-state index contributed by atoms with van der Waals surface area (Å²) in [7, 11) is 0. The van der Waals surface area contributed by atoms with Crippen LogP contribution in [0.4, 0.5) is 0 Å². The van der Waals surface area contributed by atoms with Crippen molar-refractivity contribution in [3.63, 3.8) is 0 Å². The first-order valence-corrected chi connectivity index (χ1v) is 7.56. The monoisotopic (exact) mass is 226 g/mol. The van der Waals surface area contributed by atoms with Crippen LogP contribution in [-0.4, -0.2) is 0 Å². The highest BCUT2D eigenvalue weighted by molar-refractivity contribution is 4.93. The van der Waals surface area contributed by atoms with Crippen LogP contribution in [0.25, 0.3) is 0 Å². The highest BCUT2D eigenvalue weighted by Gasteiger charge is 1.98. The third-order valence-electron chi connectivity index (χ3n) is 2.81. The molecule has 1 aliphatic rings. The molecular weight excluding hydrogens is 192 g/mol. The Morgan fingerprint density at radius 2 is 0.812 bits per heavy atom. The molecule has 1 fully saturated rings. The van der Waals surface area contributed by atoms with Crippen LogP contribution >= 0.6 is 0 Å². The van der Waals surface area contributed by atoms with Crippen LogP contribution in [0.2, 0.25) is 0 Å². The first kappa shape index (κ1) is 18.1. The lowest BCUT2D eigenvalue weighted by Crippen LogP contribution is -1.82. The second-order valence-corrected chi connectivity index (χ2v) is 4.08. The maximum absolute atomic E-state index is 4.12. The minimum Gasteiger partial charge on any atom is -0.0999 e. The maximum Gasteiger partial charge on any atom is -0.0323 e. The van der Waals surface area contributed by atoms with Gasteiger partial charge in [0.1, 0.15) is 0 Å². The Hall–Kier alpha value is -0.260. The van der Waals surface area contributed by atoms with Crippen molar-refractivity contribution in [2.75, 3.05) is 0 Å². The molecule has 1 saturated carbocycles. The standard InChI is InChI=1S/C12H22.2C2H6/c1-12-10-8-6-4-2-3-5-7-9-11-12;2*1-2/h1-11H2;2*1-2H3. The molecule has 0 aromatic rings. The molecule has 0 nitrogen and oxygen atoms in total. The zero-order valence-electron chi connectivity index (χ0n) is 12.3. The Kier molecular flexibility index (Phi) is 19.4. The van der Waals surface area contributed by atoms with Crippen LogP contribution < -0.4 is 0 Å². The summed E-state index contributed by atoms with van der Waals surface area (Å²) in [5.74, 6) is 0. The van der Waals surface area contributed by atoms with Gasteiger partial charge in [-0.2, -0.15) is 0 Å². The van der Waals surface area contributed by atoms with Gasteiger partial charge in [0, 0.05) is 0 Å². The smallest absolute Gasteiger partial charge is 0.0323 e. The van der Waals surface area contributed by atoms with E-state index >= 15 is 0 Å². The molecule has 16 heavy (non-hydrogen) atoms. The van der Waals surface area contributed by atoms with Crippen molar-refractivity contribution in [1.82, 2.24) is 0 Å². The Balaban J connectivity index is 0. The minimum absolute atomic E-state index is 1.29. The molecular formula is C16H34. The van der Waals surface area contributed by atoms with Gasteiger partial charge in [0.15, 0.2) is 0 Å². The third kappa shape index (κ3) is 13.7. The van der Waals surface area contributed by atoms with Gasteiger partial charge in [0.2, 0.25) is 0 Å². The highest BCUT2D eigenvalue weighted by atomic mass is 14.0. The van der Waals surface area contributed by atoms with Crippen molar-refractivity contribution in [3.05, 3.63) is 12.2 Å². The molecule has 98 valence electrons. The van der Waals surface area contributed by atoms with Crippen molar-refractivity contribution in [1.29, 1.82) is 0 Å². The fraction of sp³-hybridized carbons (Fsp3) is 0.875. The Labute approximate surface area is 105 Å². The van der Waals surface area contributed by atoms with Crippen molar-refractivity contribution >= 4 is 0 Å². The van der Waals surface area contributed by atoms with Gasteiger partial charge in [-0.25, -0.2) is 0 Å². The van der Waals surface area contributed by atoms with Crippen LogP contribution in [0.5, 0.6) is 0 Å². The molecule has 0 bridgehead atoms. The van der Waals surface area contributed by atoms with E-state index in [0.717, 1.165) is 0 Å². The third-order valence-corrected chi connectivity index (χ3v) is 2.81. The number of hydrogen-bond donors (Lipinski definition) is 0. The lowest BCUT2D eigenvalue weighted by Gasteiger charge is -2.02. The summed E-state index contributed by atoms with van der Waals surface area (Å²) in [6.07, 6.45) is 14.1.